The Labute approximate surface area is 134 Å². The van der Waals surface area contributed by atoms with Gasteiger partial charge in [-0.2, -0.15) is 0 Å². The second kappa shape index (κ2) is 6.70. The van der Waals surface area contributed by atoms with Gasteiger partial charge in [0.1, 0.15) is 23.0 Å². The third-order valence-electron chi connectivity index (χ3n) is 3.49. The van der Waals surface area contributed by atoms with Gasteiger partial charge in [-0.15, -0.1) is 0 Å². The first-order valence-electron chi connectivity index (χ1n) is 7.46. The summed E-state index contributed by atoms with van der Waals surface area (Å²) in [5.41, 5.74) is -0.840. The van der Waals surface area contributed by atoms with Gasteiger partial charge in [-0.3, -0.25) is 4.90 Å². The van der Waals surface area contributed by atoms with E-state index < -0.39 is 29.4 Å². The van der Waals surface area contributed by atoms with Crippen LogP contribution >= 0.6 is 0 Å². The van der Waals surface area contributed by atoms with Crippen molar-refractivity contribution in [3.8, 4) is 5.75 Å². The second-order valence-electron chi connectivity index (χ2n) is 6.40. The van der Waals surface area contributed by atoms with Crippen molar-refractivity contribution in [3.05, 3.63) is 29.3 Å². The van der Waals surface area contributed by atoms with Gasteiger partial charge >= 0.3 is 6.09 Å². The van der Waals surface area contributed by atoms with Crippen LogP contribution in [-0.2, 0) is 4.74 Å². The van der Waals surface area contributed by atoms with E-state index in [1.54, 1.807) is 20.8 Å². The molecule has 0 saturated carbocycles. The summed E-state index contributed by atoms with van der Waals surface area (Å²) in [5, 5.41) is 3.05. The van der Waals surface area contributed by atoms with Crippen LogP contribution in [0.4, 0.5) is 13.6 Å². The summed E-state index contributed by atoms with van der Waals surface area (Å²) in [4.78, 5) is 13.7. The Morgan fingerprint density at radius 1 is 1.30 bits per heavy atom. The average Bonchev–Trinajstić information content (AvgIpc) is 2.45. The molecule has 0 spiro atoms. The predicted molar refractivity (Wildman–Crippen MR) is 81.5 cm³/mol. The van der Waals surface area contributed by atoms with Crippen LogP contribution in [0.15, 0.2) is 12.1 Å². The van der Waals surface area contributed by atoms with Crippen molar-refractivity contribution in [3.63, 3.8) is 0 Å². The van der Waals surface area contributed by atoms with Crippen LogP contribution in [0.3, 0.4) is 0 Å². The number of piperazine rings is 1. The number of ether oxygens (including phenoxy) is 2. The minimum atomic E-state index is -0.774. The van der Waals surface area contributed by atoms with Crippen molar-refractivity contribution in [2.75, 3.05) is 26.7 Å². The Morgan fingerprint density at radius 2 is 1.91 bits per heavy atom. The van der Waals surface area contributed by atoms with Crippen molar-refractivity contribution in [2.24, 2.45) is 0 Å². The zero-order chi connectivity index (χ0) is 17.2. The fourth-order valence-electron chi connectivity index (χ4n) is 2.50. The van der Waals surface area contributed by atoms with Crippen molar-refractivity contribution >= 4 is 6.09 Å². The molecule has 2 rings (SSSR count). The Kier molecular flexibility index (Phi) is 5.09. The molecule has 0 bridgehead atoms. The Morgan fingerprint density at radius 3 is 2.43 bits per heavy atom. The lowest BCUT2D eigenvalue weighted by atomic mass is 10.0. The number of amides is 1. The number of nitrogens with zero attached hydrogens (tertiary/aromatic N) is 1. The number of benzene rings is 1. The van der Waals surface area contributed by atoms with Gasteiger partial charge in [0.2, 0.25) is 0 Å². The summed E-state index contributed by atoms with van der Waals surface area (Å²) in [6, 6.07) is 1.45. The molecule has 0 aromatic heterocycles. The highest BCUT2D eigenvalue weighted by Crippen LogP contribution is 2.31. The first-order chi connectivity index (χ1) is 10.7. The third kappa shape index (κ3) is 4.10. The average molecular weight is 328 g/mol. The summed E-state index contributed by atoms with van der Waals surface area (Å²) in [5.74, 6) is -1.40. The van der Waals surface area contributed by atoms with Crippen LogP contribution in [0, 0.1) is 11.6 Å². The van der Waals surface area contributed by atoms with E-state index in [4.69, 9.17) is 9.47 Å². The van der Waals surface area contributed by atoms with Gasteiger partial charge in [-0.25, -0.2) is 13.6 Å². The molecule has 0 aliphatic carbocycles. The van der Waals surface area contributed by atoms with E-state index in [9.17, 15) is 13.6 Å². The van der Waals surface area contributed by atoms with Gasteiger partial charge in [-0.05, 0) is 20.8 Å². The number of hydrogen-bond donors (Lipinski definition) is 1. The van der Waals surface area contributed by atoms with E-state index in [0.717, 1.165) is 12.1 Å². The number of halogens is 2. The lowest BCUT2D eigenvalue weighted by molar-refractivity contribution is 0.0111. The lowest BCUT2D eigenvalue weighted by Gasteiger charge is -2.37. The zero-order valence-corrected chi connectivity index (χ0v) is 13.8. The molecule has 5 nitrogen and oxygen atoms in total. The quantitative estimate of drug-likeness (QED) is 0.907. The fraction of sp³-hybridized carbons (Fsp3) is 0.562. The number of rotatable bonds is 2. The van der Waals surface area contributed by atoms with Crippen LogP contribution in [0.5, 0.6) is 5.75 Å². The highest BCUT2D eigenvalue weighted by atomic mass is 19.1. The normalized spacial score (nSPS) is 18.7. The molecule has 0 radical (unpaired) electrons. The first kappa shape index (κ1) is 17.5. The number of methoxy groups -OCH3 is 1. The monoisotopic (exact) mass is 328 g/mol. The zero-order valence-electron chi connectivity index (χ0n) is 13.8. The van der Waals surface area contributed by atoms with Crippen molar-refractivity contribution < 1.29 is 23.0 Å². The fourth-order valence-corrected chi connectivity index (χ4v) is 2.50. The summed E-state index contributed by atoms with van der Waals surface area (Å²) < 4.78 is 38.9. The predicted octanol–water partition coefficient (Wildman–Crippen LogP) is 2.85. The van der Waals surface area contributed by atoms with E-state index >= 15 is 0 Å². The molecule has 23 heavy (non-hydrogen) atoms. The van der Waals surface area contributed by atoms with Gasteiger partial charge in [-0.1, -0.05) is 0 Å². The topological polar surface area (TPSA) is 50.8 Å². The summed E-state index contributed by atoms with van der Waals surface area (Å²) in [6.45, 7) is 6.34. The molecule has 128 valence electrons. The minimum Gasteiger partial charge on any atom is -0.497 e. The first-order valence-corrected chi connectivity index (χ1v) is 7.46. The van der Waals surface area contributed by atoms with Crippen molar-refractivity contribution in [1.82, 2.24) is 10.2 Å². The molecule has 1 saturated heterocycles. The van der Waals surface area contributed by atoms with Crippen LogP contribution in [0.2, 0.25) is 0 Å². The molecular weight excluding hydrogens is 306 g/mol. The maximum absolute atomic E-state index is 14.3. The molecule has 1 unspecified atom stereocenters. The molecule has 1 aliphatic heterocycles. The minimum absolute atomic E-state index is 0.0938. The molecule has 1 aromatic rings. The summed E-state index contributed by atoms with van der Waals surface area (Å²) >= 11 is 0. The number of carbonyl (C=O) groups is 1. The lowest BCUT2D eigenvalue weighted by Crippen LogP contribution is -2.50. The molecule has 1 N–H and O–H groups in total. The maximum atomic E-state index is 14.3. The summed E-state index contributed by atoms with van der Waals surface area (Å²) in [6.07, 6.45) is -0.585. The molecule has 7 heteroatoms. The number of hydrogen-bond acceptors (Lipinski definition) is 4. The van der Waals surface area contributed by atoms with Crippen molar-refractivity contribution in [1.29, 1.82) is 0 Å². The standard InChI is InChI=1S/C16H22F2N2O3/c1-16(2,3)23-15(21)20-6-5-19-9-13(20)14-11(17)7-10(22-4)8-12(14)18/h7-8,13,19H,5-6,9H2,1-4H3. The largest absolute Gasteiger partial charge is 0.497 e. The van der Waals surface area contributed by atoms with Crippen LogP contribution in [-0.4, -0.2) is 43.3 Å². The molecule has 1 aliphatic rings. The van der Waals surface area contributed by atoms with Crippen LogP contribution in [0.25, 0.3) is 0 Å². The van der Waals surface area contributed by atoms with E-state index in [1.807, 2.05) is 0 Å². The van der Waals surface area contributed by atoms with E-state index in [2.05, 4.69) is 5.32 Å². The SMILES string of the molecule is COc1cc(F)c(C2CNCCN2C(=O)OC(C)(C)C)c(F)c1. The van der Waals surface area contributed by atoms with E-state index in [1.165, 1.54) is 12.0 Å². The Hall–Kier alpha value is -1.89. The highest BCUT2D eigenvalue weighted by molar-refractivity contribution is 5.69. The second-order valence-corrected chi connectivity index (χ2v) is 6.40. The number of nitrogens with one attached hydrogen (secondary N) is 1. The van der Waals surface area contributed by atoms with Gasteiger partial charge in [0.25, 0.3) is 0 Å². The Bertz CT molecular complexity index is 564. The van der Waals surface area contributed by atoms with E-state index in [0.29, 0.717) is 13.1 Å². The van der Waals surface area contributed by atoms with Gasteiger partial charge in [0.15, 0.2) is 0 Å². The smallest absolute Gasteiger partial charge is 0.410 e. The molecule has 1 heterocycles. The highest BCUT2D eigenvalue weighted by Gasteiger charge is 2.34. The molecule has 1 amide bonds. The van der Waals surface area contributed by atoms with E-state index in [-0.39, 0.29) is 17.9 Å². The van der Waals surface area contributed by atoms with Gasteiger partial charge in [0, 0.05) is 37.3 Å². The molecular formula is C16H22F2N2O3. The van der Waals surface area contributed by atoms with Gasteiger partial charge in [0.05, 0.1) is 13.2 Å². The number of carbonyl (C=O) groups excluding carboxylic acids is 1. The molecule has 1 fully saturated rings. The van der Waals surface area contributed by atoms with Crippen LogP contribution < -0.4 is 10.1 Å². The molecule has 1 atom stereocenters. The summed E-state index contributed by atoms with van der Waals surface area (Å²) in [7, 11) is 1.34. The van der Waals surface area contributed by atoms with Crippen LogP contribution in [0.1, 0.15) is 32.4 Å². The maximum Gasteiger partial charge on any atom is 0.410 e. The van der Waals surface area contributed by atoms with Gasteiger partial charge < -0.3 is 14.8 Å². The Balaban J connectivity index is 2.34. The third-order valence-corrected chi connectivity index (χ3v) is 3.49. The molecule has 1 aromatic carbocycles. The van der Waals surface area contributed by atoms with Crippen molar-refractivity contribution in [2.45, 2.75) is 32.4 Å².